The normalized spacial score (nSPS) is 10.7. The van der Waals surface area contributed by atoms with Crippen LogP contribution in [0.5, 0.6) is 0 Å². The number of nitrogens with zero attached hydrogens (tertiary/aromatic N) is 2. The summed E-state index contributed by atoms with van der Waals surface area (Å²) in [6.07, 6.45) is -1.06. The fraction of sp³-hybridized carbons (Fsp3) is 0.529. The summed E-state index contributed by atoms with van der Waals surface area (Å²) in [5, 5.41) is 5.35. The topological polar surface area (TPSA) is 83.1 Å². The summed E-state index contributed by atoms with van der Waals surface area (Å²) in [5.41, 5.74) is 1.86. The first-order valence-corrected chi connectivity index (χ1v) is 8.06. The molecule has 2 N–H and O–H groups in total. The molecule has 140 valence electrons. The predicted octanol–water partition coefficient (Wildman–Crippen LogP) is 2.22. The third-order valence-corrected chi connectivity index (χ3v) is 3.35. The first-order valence-electron chi connectivity index (χ1n) is 8.06. The number of likely N-dealkylation sites (N-methyl/N-ethyl adjacent to an activating group) is 2. The van der Waals surface area contributed by atoms with Gasteiger partial charge in [0.25, 0.3) is 0 Å². The van der Waals surface area contributed by atoms with Crippen molar-refractivity contribution in [3.63, 3.8) is 0 Å². The molecule has 0 fully saturated rings. The highest BCUT2D eigenvalue weighted by Gasteiger charge is 2.11. The number of carbonyl (C=O) groups excluding carboxylic acids is 2. The second kappa shape index (κ2) is 10.5. The highest BCUT2D eigenvalue weighted by molar-refractivity contribution is 5.91. The lowest BCUT2D eigenvalue weighted by atomic mass is 10.1. The van der Waals surface area contributed by atoms with E-state index in [1.165, 1.54) is 0 Å². The van der Waals surface area contributed by atoms with Gasteiger partial charge in [-0.15, -0.1) is 0 Å². The Hall–Kier alpha value is -2.32. The van der Waals surface area contributed by atoms with Gasteiger partial charge in [-0.3, -0.25) is 10.6 Å². The molecule has 25 heavy (non-hydrogen) atoms. The number of amides is 2. The van der Waals surface area contributed by atoms with Crippen LogP contribution in [0.4, 0.5) is 21.0 Å². The first-order chi connectivity index (χ1) is 11.8. The number of hydrogen-bond donors (Lipinski definition) is 2. The lowest BCUT2D eigenvalue weighted by Gasteiger charge is -2.15. The molecule has 0 aliphatic heterocycles. The van der Waals surface area contributed by atoms with Crippen molar-refractivity contribution in [2.75, 3.05) is 65.1 Å². The van der Waals surface area contributed by atoms with Crippen molar-refractivity contribution < 1.29 is 19.1 Å². The van der Waals surface area contributed by atoms with Gasteiger partial charge in [0.05, 0.1) is 0 Å². The number of nitrogens with one attached hydrogen (secondary N) is 2. The van der Waals surface area contributed by atoms with Crippen molar-refractivity contribution >= 4 is 23.6 Å². The Kier molecular flexibility index (Phi) is 8.73. The Morgan fingerprint density at radius 2 is 1.28 bits per heavy atom. The minimum absolute atomic E-state index is 0.300. The van der Waals surface area contributed by atoms with Crippen LogP contribution in [-0.4, -0.2) is 76.5 Å². The van der Waals surface area contributed by atoms with Crippen molar-refractivity contribution in [3.8, 4) is 0 Å². The van der Waals surface area contributed by atoms with E-state index < -0.39 is 12.2 Å². The molecule has 0 aliphatic rings. The van der Waals surface area contributed by atoms with E-state index in [0.717, 1.165) is 5.56 Å². The number of benzene rings is 1. The van der Waals surface area contributed by atoms with Gasteiger partial charge < -0.3 is 19.3 Å². The van der Waals surface area contributed by atoms with E-state index in [1.807, 2.05) is 38.0 Å². The smallest absolute Gasteiger partial charge is 0.411 e. The van der Waals surface area contributed by atoms with Crippen LogP contribution < -0.4 is 10.6 Å². The van der Waals surface area contributed by atoms with E-state index >= 15 is 0 Å². The Bertz CT molecular complexity index is 530. The van der Waals surface area contributed by atoms with Crippen LogP contribution in [0.2, 0.25) is 0 Å². The van der Waals surface area contributed by atoms with Crippen LogP contribution in [0, 0.1) is 6.92 Å². The average molecular weight is 352 g/mol. The maximum absolute atomic E-state index is 11.8. The van der Waals surface area contributed by atoms with Crippen molar-refractivity contribution in [3.05, 3.63) is 23.8 Å². The summed E-state index contributed by atoms with van der Waals surface area (Å²) < 4.78 is 10.2. The lowest BCUT2D eigenvalue weighted by Crippen LogP contribution is -2.23. The monoisotopic (exact) mass is 352 g/mol. The molecular formula is C17H28N4O4. The van der Waals surface area contributed by atoms with Crippen LogP contribution in [0.3, 0.4) is 0 Å². The highest BCUT2D eigenvalue weighted by Crippen LogP contribution is 2.23. The van der Waals surface area contributed by atoms with Gasteiger partial charge in [0.15, 0.2) is 0 Å². The molecule has 0 heterocycles. The molecule has 0 bridgehead atoms. The van der Waals surface area contributed by atoms with E-state index in [9.17, 15) is 9.59 Å². The second-order valence-electron chi connectivity index (χ2n) is 6.11. The molecule has 8 nitrogen and oxygen atoms in total. The van der Waals surface area contributed by atoms with Gasteiger partial charge in [-0.1, -0.05) is 6.07 Å². The number of carbonyl (C=O) groups is 2. The van der Waals surface area contributed by atoms with Crippen LogP contribution >= 0.6 is 0 Å². The average Bonchev–Trinajstić information content (AvgIpc) is 2.50. The number of anilines is 2. The van der Waals surface area contributed by atoms with Crippen molar-refractivity contribution in [1.29, 1.82) is 0 Å². The third kappa shape index (κ3) is 8.37. The molecule has 0 saturated carbocycles. The molecule has 1 rings (SSSR count). The van der Waals surface area contributed by atoms with Gasteiger partial charge >= 0.3 is 12.2 Å². The van der Waals surface area contributed by atoms with Crippen LogP contribution in [0.15, 0.2) is 18.2 Å². The molecule has 1 aromatic carbocycles. The molecule has 0 atom stereocenters. The molecule has 0 unspecified atom stereocenters. The van der Waals surface area contributed by atoms with Gasteiger partial charge in [-0.25, -0.2) is 9.59 Å². The van der Waals surface area contributed by atoms with Gasteiger partial charge in [-0.2, -0.15) is 0 Å². The Morgan fingerprint density at radius 3 is 1.64 bits per heavy atom. The van der Waals surface area contributed by atoms with Crippen LogP contribution in [0.1, 0.15) is 5.56 Å². The van der Waals surface area contributed by atoms with E-state index in [2.05, 4.69) is 10.6 Å². The Morgan fingerprint density at radius 1 is 0.880 bits per heavy atom. The standard InChI is InChI=1S/C17H28N4O4/c1-13-14(18-16(22)24-11-9-20(2)3)7-6-8-15(13)19-17(23)25-12-10-21(4)5/h6-8H,9-12H2,1-5H3,(H,18,22)(H,19,23). The van der Waals surface area contributed by atoms with E-state index in [4.69, 9.17) is 9.47 Å². The molecule has 0 radical (unpaired) electrons. The summed E-state index contributed by atoms with van der Waals surface area (Å²) in [6.45, 7) is 3.69. The first kappa shape index (κ1) is 20.7. The van der Waals surface area contributed by atoms with Crippen molar-refractivity contribution in [1.82, 2.24) is 9.80 Å². The zero-order chi connectivity index (χ0) is 18.8. The minimum atomic E-state index is -0.532. The van der Waals surface area contributed by atoms with Gasteiger partial charge in [0.2, 0.25) is 0 Å². The van der Waals surface area contributed by atoms with Gasteiger partial charge in [0.1, 0.15) is 13.2 Å². The molecule has 0 saturated heterocycles. The Labute approximate surface area is 149 Å². The summed E-state index contributed by atoms with van der Waals surface area (Å²) in [5.74, 6) is 0. The zero-order valence-electron chi connectivity index (χ0n) is 15.6. The summed E-state index contributed by atoms with van der Waals surface area (Å²) in [6, 6.07) is 5.22. The van der Waals surface area contributed by atoms with Crippen LogP contribution in [0.25, 0.3) is 0 Å². The van der Waals surface area contributed by atoms with Crippen LogP contribution in [-0.2, 0) is 9.47 Å². The molecule has 0 aliphatic carbocycles. The molecule has 0 aromatic heterocycles. The minimum Gasteiger partial charge on any atom is -0.448 e. The summed E-state index contributed by atoms with van der Waals surface area (Å²) in [7, 11) is 7.60. The van der Waals surface area contributed by atoms with Crippen molar-refractivity contribution in [2.24, 2.45) is 0 Å². The number of hydrogen-bond acceptors (Lipinski definition) is 6. The second-order valence-corrected chi connectivity index (χ2v) is 6.11. The maximum atomic E-state index is 11.8. The number of rotatable bonds is 8. The summed E-state index contributed by atoms with van der Waals surface area (Å²) >= 11 is 0. The molecule has 1 aromatic rings. The molecule has 0 spiro atoms. The third-order valence-electron chi connectivity index (χ3n) is 3.35. The summed E-state index contributed by atoms with van der Waals surface area (Å²) in [4.78, 5) is 27.5. The Balaban J connectivity index is 2.57. The predicted molar refractivity (Wildman–Crippen MR) is 98.2 cm³/mol. The molecular weight excluding hydrogens is 324 g/mol. The molecule has 2 amide bonds. The van der Waals surface area contributed by atoms with E-state index in [1.54, 1.807) is 25.1 Å². The largest absolute Gasteiger partial charge is 0.448 e. The lowest BCUT2D eigenvalue weighted by molar-refractivity contribution is 0.150. The number of ether oxygens (including phenoxy) is 2. The fourth-order valence-corrected chi connectivity index (χ4v) is 1.84. The highest BCUT2D eigenvalue weighted by atomic mass is 16.6. The maximum Gasteiger partial charge on any atom is 0.411 e. The van der Waals surface area contributed by atoms with E-state index in [0.29, 0.717) is 37.7 Å². The fourth-order valence-electron chi connectivity index (χ4n) is 1.84. The van der Waals surface area contributed by atoms with Gasteiger partial charge in [0, 0.05) is 24.5 Å². The van der Waals surface area contributed by atoms with Gasteiger partial charge in [-0.05, 0) is 52.8 Å². The quantitative estimate of drug-likeness (QED) is 0.746. The zero-order valence-corrected chi connectivity index (χ0v) is 15.6. The van der Waals surface area contributed by atoms with E-state index in [-0.39, 0.29) is 0 Å². The van der Waals surface area contributed by atoms with Crippen molar-refractivity contribution in [2.45, 2.75) is 6.92 Å². The molecule has 8 heteroatoms. The SMILES string of the molecule is Cc1c(NC(=O)OCCN(C)C)cccc1NC(=O)OCCN(C)C.